The Hall–Kier alpha value is -2.57. The van der Waals surface area contributed by atoms with Crippen molar-refractivity contribution in [1.29, 1.82) is 0 Å². The van der Waals surface area contributed by atoms with E-state index in [4.69, 9.17) is 9.97 Å². The molecular formula is C33H47N5S. The lowest BCUT2D eigenvalue weighted by Gasteiger charge is -2.44. The van der Waals surface area contributed by atoms with Gasteiger partial charge in [-0.25, -0.2) is 15.0 Å². The fraction of sp³-hybridized carbons (Fsp3) is 0.545. The third-order valence-corrected chi connectivity index (χ3v) is 9.46. The molecule has 0 bridgehead atoms. The minimum Gasteiger partial charge on any atom is -0.351 e. The number of likely N-dealkylation sites (tertiary alicyclic amines) is 1. The molecule has 1 saturated carbocycles. The lowest BCUT2D eigenvalue weighted by molar-refractivity contribution is 0.0793. The molecule has 0 atom stereocenters. The van der Waals surface area contributed by atoms with Crippen molar-refractivity contribution in [3.8, 4) is 21.8 Å². The largest absolute Gasteiger partial charge is 0.351 e. The molecule has 210 valence electrons. The van der Waals surface area contributed by atoms with Crippen molar-refractivity contribution in [2.45, 2.75) is 103 Å². The molecule has 39 heavy (non-hydrogen) atoms. The van der Waals surface area contributed by atoms with Gasteiger partial charge < -0.3 is 5.32 Å². The lowest BCUT2D eigenvalue weighted by Crippen LogP contribution is -2.49. The maximum Gasteiger partial charge on any atom is 0.223 e. The molecule has 0 radical (unpaired) electrons. The summed E-state index contributed by atoms with van der Waals surface area (Å²) in [6.07, 6.45) is 12.2. The van der Waals surface area contributed by atoms with Gasteiger partial charge in [-0.05, 0) is 85.5 Å². The van der Waals surface area contributed by atoms with Crippen LogP contribution in [-0.2, 0) is 5.41 Å². The van der Waals surface area contributed by atoms with Crippen LogP contribution < -0.4 is 5.32 Å². The van der Waals surface area contributed by atoms with E-state index in [-0.39, 0.29) is 11.0 Å². The molecular weight excluding hydrogens is 498 g/mol. The molecule has 1 N–H and O–H groups in total. The number of thiazole rings is 1. The average Bonchev–Trinajstić information content (AvgIpc) is 3.37. The first-order chi connectivity index (χ1) is 18.6. The molecule has 2 aliphatic rings. The average molecular weight is 546 g/mol. The minimum atomic E-state index is 0.0828. The summed E-state index contributed by atoms with van der Waals surface area (Å²) in [5.74, 6) is 0.745. The number of nitrogens with zero attached hydrogens (tertiary/aromatic N) is 4. The number of benzene rings is 1. The van der Waals surface area contributed by atoms with Crippen molar-refractivity contribution in [1.82, 2.24) is 19.9 Å². The van der Waals surface area contributed by atoms with Crippen LogP contribution in [0.25, 0.3) is 21.8 Å². The Morgan fingerprint density at radius 1 is 1.08 bits per heavy atom. The predicted molar refractivity (Wildman–Crippen MR) is 168 cm³/mol. The molecule has 5 nitrogen and oxygen atoms in total. The highest BCUT2D eigenvalue weighted by molar-refractivity contribution is 7.15. The zero-order chi connectivity index (χ0) is 28.0. The highest BCUT2D eigenvalue weighted by Crippen LogP contribution is 2.44. The number of hydrogen-bond acceptors (Lipinski definition) is 6. The second kappa shape index (κ2) is 12.7. The van der Waals surface area contributed by atoms with Gasteiger partial charge in [-0.15, -0.1) is 17.9 Å². The lowest BCUT2D eigenvalue weighted by atomic mass is 9.80. The van der Waals surface area contributed by atoms with Gasteiger partial charge in [0.15, 0.2) is 0 Å². The number of aromatic nitrogens is 3. The maximum absolute atomic E-state index is 5.35. The predicted octanol–water partition coefficient (Wildman–Crippen LogP) is 8.66. The molecule has 1 saturated heterocycles. The van der Waals surface area contributed by atoms with E-state index in [0.29, 0.717) is 6.04 Å². The first kappa shape index (κ1) is 29.4. The molecule has 2 fully saturated rings. The van der Waals surface area contributed by atoms with E-state index in [9.17, 15) is 0 Å². The molecule has 5 rings (SSSR count). The Bertz CT molecular complexity index is 1230. The van der Waals surface area contributed by atoms with Gasteiger partial charge in [0.05, 0.1) is 21.3 Å². The number of hydrogen-bond donors (Lipinski definition) is 1. The van der Waals surface area contributed by atoms with Crippen LogP contribution in [0, 0.1) is 6.92 Å². The van der Waals surface area contributed by atoms with Gasteiger partial charge in [-0.3, -0.25) is 4.90 Å². The van der Waals surface area contributed by atoms with Crippen molar-refractivity contribution in [2.24, 2.45) is 0 Å². The monoisotopic (exact) mass is 545 g/mol. The second-order valence-electron chi connectivity index (χ2n) is 12.4. The summed E-state index contributed by atoms with van der Waals surface area (Å²) in [6.45, 7) is 19.0. The van der Waals surface area contributed by atoms with Crippen molar-refractivity contribution < 1.29 is 0 Å². The van der Waals surface area contributed by atoms with Gasteiger partial charge in [0.25, 0.3) is 0 Å². The van der Waals surface area contributed by atoms with Crippen LogP contribution in [0.15, 0.2) is 49.2 Å². The fourth-order valence-corrected chi connectivity index (χ4v) is 6.87. The smallest absolute Gasteiger partial charge is 0.223 e. The number of allylic oxidation sites excluding steroid dienone is 1. The number of rotatable bonds is 5. The second-order valence-corrected chi connectivity index (χ2v) is 13.4. The number of aryl methyl sites for hydroxylation is 1. The van der Waals surface area contributed by atoms with E-state index >= 15 is 0 Å². The standard InChI is InChI=1S/C30H41N5S.C3H6/c1-21-10-9-11-22(20-21)25-26(24-14-17-31-28(33-24)32-23-12-7-6-8-13-23)36-27(34-25)30(5)15-18-35(19-16-30)29(2,3)4;1-3-2/h9-11,14,17,20,23H,6-8,12-13,15-16,18-19H2,1-5H3,(H,31,32,33);3H,1H2,2H3. The molecule has 2 aromatic heterocycles. The first-order valence-electron chi connectivity index (χ1n) is 14.6. The normalized spacial score (nSPS) is 18.2. The molecule has 1 aliphatic heterocycles. The van der Waals surface area contributed by atoms with Crippen molar-refractivity contribution in [3.05, 3.63) is 59.8 Å². The number of nitrogens with one attached hydrogen (secondary N) is 1. The number of anilines is 1. The summed E-state index contributed by atoms with van der Waals surface area (Å²) < 4.78 is 0. The summed E-state index contributed by atoms with van der Waals surface area (Å²) in [6, 6.07) is 11.2. The van der Waals surface area contributed by atoms with Gasteiger partial charge >= 0.3 is 0 Å². The van der Waals surface area contributed by atoms with Crippen LogP contribution in [0.1, 0.15) is 90.1 Å². The van der Waals surface area contributed by atoms with E-state index in [1.54, 1.807) is 6.08 Å². The Morgan fingerprint density at radius 3 is 2.41 bits per heavy atom. The molecule has 0 spiro atoms. The van der Waals surface area contributed by atoms with Crippen LogP contribution >= 0.6 is 11.3 Å². The topological polar surface area (TPSA) is 53.9 Å². The summed E-state index contributed by atoms with van der Waals surface area (Å²) in [7, 11) is 0. The SMILES string of the molecule is C=CC.Cc1cccc(-c2nc(C3(C)CCN(C(C)(C)C)CC3)sc2-c2ccnc(NC3CCCCC3)n2)c1. The van der Waals surface area contributed by atoms with E-state index in [0.717, 1.165) is 48.1 Å². The van der Waals surface area contributed by atoms with Gasteiger partial charge in [0.1, 0.15) is 0 Å². The Kier molecular flexibility index (Phi) is 9.60. The molecule has 0 amide bonds. The Labute approximate surface area is 240 Å². The van der Waals surface area contributed by atoms with Gasteiger partial charge in [0, 0.05) is 28.8 Å². The fourth-order valence-electron chi connectivity index (χ4n) is 5.61. The first-order valence-corrected chi connectivity index (χ1v) is 15.4. The summed E-state index contributed by atoms with van der Waals surface area (Å²) in [4.78, 5) is 18.7. The van der Waals surface area contributed by atoms with E-state index in [1.165, 1.54) is 48.2 Å². The highest BCUT2D eigenvalue weighted by atomic mass is 32.1. The Balaban J connectivity index is 0.00000112. The Morgan fingerprint density at radius 2 is 1.77 bits per heavy atom. The van der Waals surface area contributed by atoms with E-state index in [1.807, 2.05) is 30.5 Å². The van der Waals surface area contributed by atoms with E-state index < -0.39 is 0 Å². The van der Waals surface area contributed by atoms with Crippen molar-refractivity contribution in [3.63, 3.8) is 0 Å². The molecule has 1 aliphatic carbocycles. The number of piperidine rings is 1. The van der Waals surface area contributed by atoms with Gasteiger partial charge in [0.2, 0.25) is 5.95 Å². The van der Waals surface area contributed by atoms with Crippen LogP contribution in [0.5, 0.6) is 0 Å². The van der Waals surface area contributed by atoms with Gasteiger partial charge in [-0.2, -0.15) is 0 Å². The highest BCUT2D eigenvalue weighted by Gasteiger charge is 2.38. The summed E-state index contributed by atoms with van der Waals surface area (Å²) >= 11 is 1.83. The van der Waals surface area contributed by atoms with Crippen molar-refractivity contribution >= 4 is 17.3 Å². The zero-order valence-corrected chi connectivity index (χ0v) is 25.7. The van der Waals surface area contributed by atoms with Gasteiger partial charge in [-0.1, -0.05) is 56.0 Å². The maximum atomic E-state index is 5.35. The van der Waals surface area contributed by atoms with Crippen LogP contribution in [0.3, 0.4) is 0 Å². The summed E-state index contributed by atoms with van der Waals surface area (Å²) in [5, 5.41) is 4.85. The van der Waals surface area contributed by atoms with Crippen LogP contribution in [0.2, 0.25) is 0 Å². The van der Waals surface area contributed by atoms with Crippen LogP contribution in [-0.4, -0.2) is 44.5 Å². The minimum absolute atomic E-state index is 0.0828. The zero-order valence-electron chi connectivity index (χ0n) is 24.9. The quantitative estimate of drug-likeness (QED) is 0.325. The van der Waals surface area contributed by atoms with Crippen LogP contribution in [0.4, 0.5) is 5.95 Å². The molecule has 3 aromatic rings. The molecule has 0 unspecified atom stereocenters. The summed E-state index contributed by atoms with van der Waals surface area (Å²) in [5.41, 5.74) is 4.74. The third kappa shape index (κ3) is 7.34. The van der Waals surface area contributed by atoms with Crippen molar-refractivity contribution in [2.75, 3.05) is 18.4 Å². The molecule has 3 heterocycles. The van der Waals surface area contributed by atoms with E-state index in [2.05, 4.69) is 80.7 Å². The molecule has 6 heteroatoms. The third-order valence-electron chi connectivity index (χ3n) is 8.08. The molecule has 1 aromatic carbocycles.